The van der Waals surface area contributed by atoms with Crippen LogP contribution in [0.15, 0.2) is 34.7 Å². The summed E-state index contributed by atoms with van der Waals surface area (Å²) in [7, 11) is 0. The van der Waals surface area contributed by atoms with Crippen molar-refractivity contribution in [1.29, 1.82) is 0 Å². The number of furan rings is 1. The number of halogens is 2. The molecule has 0 saturated carbocycles. The molecule has 4 N–H and O–H groups in total. The van der Waals surface area contributed by atoms with Gasteiger partial charge in [-0.3, -0.25) is 9.59 Å². The number of benzene rings is 1. The molecule has 1 atom stereocenters. The van der Waals surface area contributed by atoms with Gasteiger partial charge in [-0.25, -0.2) is 0 Å². The molecule has 116 valence electrons. The second-order valence-electron chi connectivity index (χ2n) is 4.45. The first kappa shape index (κ1) is 16.4. The number of nitrogens with two attached hydrogens (primary N) is 1. The minimum Gasteiger partial charge on any atom is -0.480 e. The molecular formula is C14H12Cl2N2O4. The summed E-state index contributed by atoms with van der Waals surface area (Å²) in [6.07, 6.45) is 0. The number of rotatable bonds is 5. The molecule has 0 aliphatic heterocycles. The first-order chi connectivity index (χ1) is 10.4. The largest absolute Gasteiger partial charge is 0.480 e. The van der Waals surface area contributed by atoms with E-state index in [0.29, 0.717) is 21.4 Å². The van der Waals surface area contributed by atoms with E-state index < -0.39 is 17.9 Å². The molecule has 0 fully saturated rings. The summed E-state index contributed by atoms with van der Waals surface area (Å²) in [5, 5.41) is 11.8. The number of hydrogen-bond acceptors (Lipinski definition) is 4. The molecule has 2 aromatic rings. The minimum atomic E-state index is -1.20. The van der Waals surface area contributed by atoms with Gasteiger partial charge in [0, 0.05) is 12.1 Å². The summed E-state index contributed by atoms with van der Waals surface area (Å²) in [6.45, 7) is -0.197. The fourth-order valence-corrected chi connectivity index (χ4v) is 1.94. The Bertz CT molecular complexity index is 715. The van der Waals surface area contributed by atoms with Crippen molar-refractivity contribution in [2.75, 3.05) is 6.54 Å². The summed E-state index contributed by atoms with van der Waals surface area (Å²) in [5.74, 6) is -1.27. The van der Waals surface area contributed by atoms with Crippen molar-refractivity contribution >= 4 is 35.1 Å². The van der Waals surface area contributed by atoms with Gasteiger partial charge in [-0.15, -0.1) is 0 Å². The number of hydrogen-bond donors (Lipinski definition) is 3. The summed E-state index contributed by atoms with van der Waals surface area (Å²) in [4.78, 5) is 22.4. The molecular weight excluding hydrogens is 331 g/mol. The SMILES string of the molecule is N[C@H](CNC(=O)c1ccc(-c2ccc(Cl)c(Cl)c2)o1)C(=O)O. The van der Waals surface area contributed by atoms with Crippen molar-refractivity contribution in [2.45, 2.75) is 6.04 Å². The van der Waals surface area contributed by atoms with Crippen LogP contribution in [0, 0.1) is 0 Å². The highest BCUT2D eigenvalue weighted by atomic mass is 35.5. The van der Waals surface area contributed by atoms with E-state index in [9.17, 15) is 9.59 Å². The number of amides is 1. The highest BCUT2D eigenvalue weighted by molar-refractivity contribution is 6.42. The smallest absolute Gasteiger partial charge is 0.322 e. The Morgan fingerprint density at radius 2 is 1.95 bits per heavy atom. The van der Waals surface area contributed by atoms with Crippen LogP contribution in [0.5, 0.6) is 0 Å². The van der Waals surface area contributed by atoms with Crippen LogP contribution in [0.1, 0.15) is 10.6 Å². The predicted molar refractivity (Wildman–Crippen MR) is 82.1 cm³/mol. The van der Waals surface area contributed by atoms with E-state index in [2.05, 4.69) is 5.32 Å². The van der Waals surface area contributed by atoms with Crippen LogP contribution >= 0.6 is 23.2 Å². The molecule has 0 spiro atoms. The van der Waals surface area contributed by atoms with Gasteiger partial charge in [-0.1, -0.05) is 23.2 Å². The Labute approximate surface area is 135 Å². The minimum absolute atomic E-state index is 0.0404. The maximum atomic E-state index is 11.8. The standard InChI is InChI=1S/C14H12Cl2N2O4/c15-8-2-1-7(5-9(8)16)11-3-4-12(22-11)13(19)18-6-10(17)14(20)21/h1-5,10H,6,17H2,(H,18,19)(H,20,21)/t10-/m1/s1. The van der Waals surface area contributed by atoms with Gasteiger partial charge in [0.15, 0.2) is 5.76 Å². The van der Waals surface area contributed by atoms with E-state index in [4.69, 9.17) is 38.5 Å². The van der Waals surface area contributed by atoms with Gasteiger partial charge >= 0.3 is 5.97 Å². The lowest BCUT2D eigenvalue weighted by molar-refractivity contribution is -0.138. The molecule has 1 amide bonds. The Morgan fingerprint density at radius 1 is 1.23 bits per heavy atom. The molecule has 6 nitrogen and oxygen atoms in total. The highest BCUT2D eigenvalue weighted by Gasteiger charge is 2.16. The molecule has 1 aromatic carbocycles. The lowest BCUT2D eigenvalue weighted by Gasteiger charge is -2.06. The first-order valence-corrected chi connectivity index (χ1v) is 6.96. The number of carbonyl (C=O) groups excluding carboxylic acids is 1. The Balaban J connectivity index is 2.09. The van der Waals surface area contributed by atoms with Crippen LogP contribution in [0.4, 0.5) is 0 Å². The monoisotopic (exact) mass is 342 g/mol. The summed E-state index contributed by atoms with van der Waals surface area (Å²) < 4.78 is 5.42. The van der Waals surface area contributed by atoms with Crippen molar-refractivity contribution in [3.63, 3.8) is 0 Å². The molecule has 0 aliphatic carbocycles. The van der Waals surface area contributed by atoms with Crippen LogP contribution < -0.4 is 11.1 Å². The number of carboxylic acids is 1. The molecule has 1 aromatic heterocycles. The molecule has 0 unspecified atom stereocenters. The first-order valence-electron chi connectivity index (χ1n) is 6.20. The van der Waals surface area contributed by atoms with E-state index in [1.807, 2.05) is 0 Å². The van der Waals surface area contributed by atoms with Crippen LogP contribution in [0.3, 0.4) is 0 Å². The van der Waals surface area contributed by atoms with Crippen LogP contribution in [0.25, 0.3) is 11.3 Å². The fraction of sp³-hybridized carbons (Fsp3) is 0.143. The molecule has 8 heteroatoms. The van der Waals surface area contributed by atoms with Crippen LogP contribution in [-0.2, 0) is 4.79 Å². The lowest BCUT2D eigenvalue weighted by Crippen LogP contribution is -2.42. The molecule has 0 radical (unpaired) electrons. The number of carboxylic acid groups (broad SMARTS) is 1. The zero-order chi connectivity index (χ0) is 16.3. The van der Waals surface area contributed by atoms with Gasteiger partial charge < -0.3 is 20.6 Å². The van der Waals surface area contributed by atoms with Crippen molar-refractivity contribution in [1.82, 2.24) is 5.32 Å². The van der Waals surface area contributed by atoms with E-state index in [0.717, 1.165) is 0 Å². The van der Waals surface area contributed by atoms with Crippen molar-refractivity contribution in [3.8, 4) is 11.3 Å². The van der Waals surface area contributed by atoms with Crippen molar-refractivity contribution in [3.05, 3.63) is 46.1 Å². The molecule has 2 rings (SSSR count). The average Bonchev–Trinajstić information content (AvgIpc) is 2.97. The topological polar surface area (TPSA) is 106 Å². The predicted octanol–water partition coefficient (Wildman–Crippen LogP) is 2.40. The average molecular weight is 343 g/mol. The number of carbonyl (C=O) groups is 2. The van der Waals surface area contributed by atoms with Gasteiger partial charge in [0.2, 0.25) is 0 Å². The van der Waals surface area contributed by atoms with Crippen LogP contribution in [0.2, 0.25) is 10.0 Å². The molecule has 0 saturated heterocycles. The molecule has 0 bridgehead atoms. The van der Waals surface area contributed by atoms with Gasteiger partial charge in [-0.05, 0) is 30.3 Å². The van der Waals surface area contributed by atoms with Crippen molar-refractivity contribution in [2.24, 2.45) is 5.73 Å². The highest BCUT2D eigenvalue weighted by Crippen LogP contribution is 2.29. The van der Waals surface area contributed by atoms with Crippen LogP contribution in [-0.4, -0.2) is 29.6 Å². The Kier molecular flexibility index (Phi) is 5.07. The number of aliphatic carboxylic acids is 1. The zero-order valence-electron chi connectivity index (χ0n) is 11.2. The van der Waals surface area contributed by atoms with E-state index in [1.54, 1.807) is 24.3 Å². The Hall–Kier alpha value is -2.02. The third-order valence-electron chi connectivity index (χ3n) is 2.83. The summed E-state index contributed by atoms with van der Waals surface area (Å²) in [6, 6.07) is 6.84. The molecule has 1 heterocycles. The second-order valence-corrected chi connectivity index (χ2v) is 5.26. The quantitative estimate of drug-likeness (QED) is 0.773. The van der Waals surface area contributed by atoms with E-state index in [1.165, 1.54) is 6.07 Å². The maximum Gasteiger partial charge on any atom is 0.322 e. The van der Waals surface area contributed by atoms with Gasteiger partial charge in [0.1, 0.15) is 11.8 Å². The third kappa shape index (κ3) is 3.79. The Morgan fingerprint density at radius 3 is 2.59 bits per heavy atom. The zero-order valence-corrected chi connectivity index (χ0v) is 12.7. The third-order valence-corrected chi connectivity index (χ3v) is 3.57. The lowest BCUT2D eigenvalue weighted by atomic mass is 10.2. The van der Waals surface area contributed by atoms with Gasteiger partial charge in [-0.2, -0.15) is 0 Å². The summed E-state index contributed by atoms with van der Waals surface area (Å²) >= 11 is 11.8. The fourth-order valence-electron chi connectivity index (χ4n) is 1.64. The van der Waals surface area contributed by atoms with E-state index in [-0.39, 0.29) is 12.3 Å². The normalized spacial score (nSPS) is 12.0. The van der Waals surface area contributed by atoms with Gasteiger partial charge in [0.25, 0.3) is 5.91 Å². The van der Waals surface area contributed by atoms with Crippen molar-refractivity contribution < 1.29 is 19.1 Å². The molecule has 22 heavy (non-hydrogen) atoms. The van der Waals surface area contributed by atoms with E-state index >= 15 is 0 Å². The summed E-state index contributed by atoms with van der Waals surface area (Å²) in [5.41, 5.74) is 5.96. The van der Waals surface area contributed by atoms with Gasteiger partial charge in [0.05, 0.1) is 10.0 Å². The molecule has 0 aliphatic rings. The number of nitrogens with one attached hydrogen (secondary N) is 1. The maximum absolute atomic E-state index is 11.8. The second kappa shape index (κ2) is 6.83.